The lowest BCUT2D eigenvalue weighted by molar-refractivity contribution is -0.135. The molecule has 1 amide bonds. The first-order valence-electron chi connectivity index (χ1n) is 9.18. The minimum atomic E-state index is -0.110. The van der Waals surface area contributed by atoms with E-state index >= 15 is 0 Å². The van der Waals surface area contributed by atoms with Gasteiger partial charge in [-0.3, -0.25) is 9.69 Å². The Morgan fingerprint density at radius 3 is 1.54 bits per heavy atom. The van der Waals surface area contributed by atoms with Crippen molar-refractivity contribution >= 4 is 27.5 Å². The van der Waals surface area contributed by atoms with Crippen LogP contribution < -0.4 is 9.47 Å². The molecule has 0 spiro atoms. The molecule has 140 valence electrons. The van der Waals surface area contributed by atoms with Crippen LogP contribution in [0.25, 0.3) is 21.5 Å². The molecule has 0 saturated carbocycles. The van der Waals surface area contributed by atoms with Crippen molar-refractivity contribution in [3.63, 3.8) is 0 Å². The zero-order valence-electron chi connectivity index (χ0n) is 15.7. The first-order valence-corrected chi connectivity index (χ1v) is 9.18. The lowest BCUT2D eigenvalue weighted by Gasteiger charge is -2.22. The number of benzene rings is 4. The predicted molar refractivity (Wildman–Crippen MR) is 111 cm³/mol. The lowest BCUT2D eigenvalue weighted by Crippen LogP contribution is -2.35. The molecule has 0 aliphatic heterocycles. The molecule has 0 saturated heterocycles. The third-order valence-corrected chi connectivity index (χ3v) is 4.66. The van der Waals surface area contributed by atoms with Crippen LogP contribution in [0.4, 0.5) is 0 Å². The Balaban J connectivity index is 1.40. The van der Waals surface area contributed by atoms with E-state index in [1.165, 1.54) is 11.8 Å². The Hall–Kier alpha value is -3.53. The van der Waals surface area contributed by atoms with Gasteiger partial charge in [0.25, 0.3) is 0 Å². The van der Waals surface area contributed by atoms with Crippen molar-refractivity contribution in [3.8, 4) is 11.5 Å². The maximum Gasteiger partial charge on any atom is 0.224 e. The summed E-state index contributed by atoms with van der Waals surface area (Å²) in [4.78, 5) is 13.5. The number of nitrogens with zero attached hydrogens (tertiary/aromatic N) is 1. The number of ether oxygens (including phenoxy) is 2. The minimum Gasteiger partial charge on any atom is -0.473 e. The molecular formula is C24H21NO3. The summed E-state index contributed by atoms with van der Waals surface area (Å²) in [6.45, 7) is 1.76. The third-order valence-electron chi connectivity index (χ3n) is 4.66. The fourth-order valence-corrected chi connectivity index (χ4v) is 3.04. The van der Waals surface area contributed by atoms with Gasteiger partial charge in [0.1, 0.15) is 11.5 Å². The molecule has 0 heterocycles. The van der Waals surface area contributed by atoms with Crippen LogP contribution in [0, 0.1) is 0 Å². The summed E-state index contributed by atoms with van der Waals surface area (Å²) in [7, 11) is 0. The molecule has 4 rings (SSSR count). The Kier molecular flexibility index (Phi) is 5.11. The highest BCUT2D eigenvalue weighted by Crippen LogP contribution is 2.22. The molecule has 28 heavy (non-hydrogen) atoms. The smallest absolute Gasteiger partial charge is 0.224 e. The number of fused-ring (bicyclic) bond motifs is 2. The van der Waals surface area contributed by atoms with Gasteiger partial charge in [-0.25, -0.2) is 0 Å². The van der Waals surface area contributed by atoms with E-state index < -0.39 is 0 Å². The second-order valence-electron chi connectivity index (χ2n) is 6.62. The zero-order valence-corrected chi connectivity index (χ0v) is 15.7. The third kappa shape index (κ3) is 4.07. The normalized spacial score (nSPS) is 10.8. The van der Waals surface area contributed by atoms with Crippen molar-refractivity contribution in [2.24, 2.45) is 0 Å². The van der Waals surface area contributed by atoms with Gasteiger partial charge in [-0.05, 0) is 45.8 Å². The molecule has 0 fully saturated rings. The zero-order chi connectivity index (χ0) is 19.3. The summed E-state index contributed by atoms with van der Waals surface area (Å²) in [6.07, 6.45) is 0. The SMILES string of the molecule is CC(=O)N(COc1ccc2ccccc2c1)COc1ccc2ccccc2c1. The van der Waals surface area contributed by atoms with Gasteiger partial charge in [-0.15, -0.1) is 0 Å². The van der Waals surface area contributed by atoms with E-state index in [2.05, 4.69) is 12.1 Å². The molecule has 0 bridgehead atoms. The van der Waals surface area contributed by atoms with Gasteiger partial charge in [-0.1, -0.05) is 60.7 Å². The van der Waals surface area contributed by atoms with E-state index in [-0.39, 0.29) is 19.4 Å². The monoisotopic (exact) mass is 371 g/mol. The van der Waals surface area contributed by atoms with Crippen LogP contribution >= 0.6 is 0 Å². The first kappa shape index (κ1) is 17.9. The number of amides is 1. The minimum absolute atomic E-state index is 0.110. The molecule has 0 N–H and O–H groups in total. The van der Waals surface area contributed by atoms with Crippen LogP contribution in [0.15, 0.2) is 84.9 Å². The summed E-state index contributed by atoms with van der Waals surface area (Å²) in [5.74, 6) is 1.33. The maximum atomic E-state index is 12.0. The summed E-state index contributed by atoms with van der Waals surface area (Å²) in [6, 6.07) is 27.9. The van der Waals surface area contributed by atoms with Crippen molar-refractivity contribution in [2.75, 3.05) is 13.5 Å². The summed E-state index contributed by atoms with van der Waals surface area (Å²) < 4.78 is 11.6. The van der Waals surface area contributed by atoms with Crippen LogP contribution in [0.2, 0.25) is 0 Å². The molecule has 0 atom stereocenters. The average Bonchev–Trinajstić information content (AvgIpc) is 2.73. The van der Waals surface area contributed by atoms with Gasteiger partial charge in [0, 0.05) is 6.92 Å². The largest absolute Gasteiger partial charge is 0.473 e. The van der Waals surface area contributed by atoms with E-state index in [0.717, 1.165) is 33.0 Å². The number of hydrogen-bond donors (Lipinski definition) is 0. The van der Waals surface area contributed by atoms with Gasteiger partial charge in [-0.2, -0.15) is 0 Å². The van der Waals surface area contributed by atoms with E-state index in [0.29, 0.717) is 0 Å². The van der Waals surface area contributed by atoms with Crippen molar-refractivity contribution in [2.45, 2.75) is 6.92 Å². The highest BCUT2D eigenvalue weighted by atomic mass is 16.5. The molecule has 4 aromatic carbocycles. The Bertz CT molecular complexity index is 1040. The van der Waals surface area contributed by atoms with Crippen molar-refractivity contribution < 1.29 is 14.3 Å². The Morgan fingerprint density at radius 2 is 1.11 bits per heavy atom. The van der Waals surface area contributed by atoms with Gasteiger partial charge >= 0.3 is 0 Å². The Labute approximate surface area is 163 Å². The van der Waals surface area contributed by atoms with Gasteiger partial charge in [0.2, 0.25) is 5.91 Å². The van der Waals surface area contributed by atoms with E-state index in [1.807, 2.05) is 72.8 Å². The van der Waals surface area contributed by atoms with E-state index in [4.69, 9.17) is 9.47 Å². The van der Waals surface area contributed by atoms with E-state index in [9.17, 15) is 4.79 Å². The summed E-state index contributed by atoms with van der Waals surface area (Å²) in [5, 5.41) is 4.50. The fraction of sp³-hybridized carbons (Fsp3) is 0.125. The maximum absolute atomic E-state index is 12.0. The standard InChI is InChI=1S/C24H21NO3/c1-18(26)25(16-27-23-12-10-19-6-2-4-8-21(19)14-23)17-28-24-13-11-20-7-3-5-9-22(20)15-24/h2-15H,16-17H2,1H3. The average molecular weight is 371 g/mol. The van der Waals surface area contributed by atoms with Crippen LogP contribution in [0.3, 0.4) is 0 Å². The second-order valence-corrected chi connectivity index (χ2v) is 6.62. The van der Waals surface area contributed by atoms with Crippen LogP contribution in [-0.4, -0.2) is 24.3 Å². The fourth-order valence-electron chi connectivity index (χ4n) is 3.04. The molecule has 0 aliphatic rings. The van der Waals surface area contributed by atoms with Crippen molar-refractivity contribution in [3.05, 3.63) is 84.9 Å². The second kappa shape index (κ2) is 8.01. The molecule has 0 unspecified atom stereocenters. The number of carbonyl (C=O) groups excluding carboxylic acids is 1. The molecular weight excluding hydrogens is 350 g/mol. The molecule has 4 nitrogen and oxygen atoms in total. The first-order chi connectivity index (χ1) is 13.7. The van der Waals surface area contributed by atoms with Gasteiger partial charge in [0.05, 0.1) is 0 Å². The topological polar surface area (TPSA) is 38.8 Å². The van der Waals surface area contributed by atoms with Crippen LogP contribution in [0.5, 0.6) is 11.5 Å². The molecule has 4 heteroatoms. The van der Waals surface area contributed by atoms with Gasteiger partial charge in [0.15, 0.2) is 13.5 Å². The predicted octanol–water partition coefficient (Wildman–Crippen LogP) is 5.21. The molecule has 0 aliphatic carbocycles. The summed E-state index contributed by atoms with van der Waals surface area (Å²) >= 11 is 0. The van der Waals surface area contributed by atoms with E-state index in [1.54, 1.807) is 0 Å². The lowest BCUT2D eigenvalue weighted by atomic mass is 10.1. The molecule has 0 aromatic heterocycles. The van der Waals surface area contributed by atoms with Crippen LogP contribution in [0.1, 0.15) is 6.92 Å². The summed E-state index contributed by atoms with van der Waals surface area (Å²) in [5.41, 5.74) is 0. The molecule has 4 aromatic rings. The Morgan fingerprint density at radius 1 is 0.679 bits per heavy atom. The van der Waals surface area contributed by atoms with Crippen LogP contribution in [-0.2, 0) is 4.79 Å². The quantitative estimate of drug-likeness (QED) is 0.437. The highest BCUT2D eigenvalue weighted by Gasteiger charge is 2.11. The van der Waals surface area contributed by atoms with Crippen molar-refractivity contribution in [1.82, 2.24) is 4.90 Å². The number of rotatable bonds is 6. The molecule has 0 radical (unpaired) electrons. The number of hydrogen-bond acceptors (Lipinski definition) is 3. The van der Waals surface area contributed by atoms with Gasteiger partial charge < -0.3 is 9.47 Å². The highest BCUT2D eigenvalue weighted by molar-refractivity contribution is 5.84. The van der Waals surface area contributed by atoms with Crippen molar-refractivity contribution in [1.29, 1.82) is 0 Å². The number of carbonyl (C=O) groups is 1.